The molecular formula is C20H18F2N4O2. The molecule has 0 atom stereocenters. The third-order valence-corrected chi connectivity index (χ3v) is 3.90. The van der Waals surface area contributed by atoms with Crippen molar-refractivity contribution in [2.45, 2.75) is 6.42 Å². The molecule has 0 aliphatic heterocycles. The number of methoxy groups -OCH3 is 1. The summed E-state index contributed by atoms with van der Waals surface area (Å²) < 4.78 is 31.5. The zero-order valence-corrected chi connectivity index (χ0v) is 15.1. The number of nitrogens with zero attached hydrogens (tertiary/aromatic N) is 2. The Hall–Kier alpha value is -3.55. The summed E-state index contributed by atoms with van der Waals surface area (Å²) in [6.07, 6.45) is 2.04. The van der Waals surface area contributed by atoms with E-state index in [0.29, 0.717) is 13.0 Å². The number of aromatic nitrogens is 2. The Morgan fingerprint density at radius 3 is 2.75 bits per heavy atom. The van der Waals surface area contributed by atoms with Gasteiger partial charge in [0.05, 0.1) is 7.11 Å². The first kappa shape index (κ1) is 19.2. The molecule has 1 amide bonds. The molecule has 28 heavy (non-hydrogen) atoms. The Labute approximate surface area is 160 Å². The third kappa shape index (κ3) is 5.00. The molecule has 3 rings (SSSR count). The number of nitrogens with one attached hydrogen (secondary N) is 2. The van der Waals surface area contributed by atoms with Crippen LogP contribution < -0.4 is 15.4 Å². The number of rotatable bonds is 7. The summed E-state index contributed by atoms with van der Waals surface area (Å²) >= 11 is 0. The van der Waals surface area contributed by atoms with Gasteiger partial charge < -0.3 is 15.4 Å². The van der Waals surface area contributed by atoms with Crippen LogP contribution in [0.15, 0.2) is 54.7 Å². The van der Waals surface area contributed by atoms with Crippen molar-refractivity contribution in [2.75, 3.05) is 19.0 Å². The summed E-state index contributed by atoms with van der Waals surface area (Å²) in [5.41, 5.74) is 1.46. The lowest BCUT2D eigenvalue weighted by molar-refractivity contribution is 0.0949. The average Bonchev–Trinajstić information content (AvgIpc) is 2.71. The molecule has 2 N–H and O–H groups in total. The molecule has 0 saturated carbocycles. The second-order valence-electron chi connectivity index (χ2n) is 5.88. The van der Waals surface area contributed by atoms with E-state index in [-0.39, 0.29) is 23.2 Å². The molecule has 0 unspecified atom stereocenters. The Balaban J connectivity index is 1.59. The van der Waals surface area contributed by atoms with Crippen LogP contribution in [0.5, 0.6) is 5.75 Å². The number of benzene rings is 2. The molecule has 1 aromatic heterocycles. The minimum absolute atomic E-state index is 0.103. The van der Waals surface area contributed by atoms with E-state index in [1.54, 1.807) is 7.11 Å². The lowest BCUT2D eigenvalue weighted by Gasteiger charge is -2.08. The summed E-state index contributed by atoms with van der Waals surface area (Å²) in [4.78, 5) is 20.4. The van der Waals surface area contributed by atoms with E-state index in [2.05, 4.69) is 20.6 Å². The summed E-state index contributed by atoms with van der Waals surface area (Å²) in [5.74, 6) is -1.44. The third-order valence-electron chi connectivity index (χ3n) is 3.90. The highest BCUT2D eigenvalue weighted by molar-refractivity contribution is 5.92. The van der Waals surface area contributed by atoms with Crippen molar-refractivity contribution < 1.29 is 18.3 Å². The molecule has 3 aromatic rings. The Bertz CT molecular complexity index is 982. The number of carbonyl (C=O) groups is 1. The topological polar surface area (TPSA) is 76.1 Å². The first-order valence-electron chi connectivity index (χ1n) is 8.51. The summed E-state index contributed by atoms with van der Waals surface area (Å²) in [7, 11) is 1.60. The molecule has 0 radical (unpaired) electrons. The smallest absolute Gasteiger partial charge is 0.270 e. The van der Waals surface area contributed by atoms with E-state index in [1.807, 2.05) is 24.3 Å². The maximum absolute atomic E-state index is 13.3. The molecule has 0 saturated heterocycles. The van der Waals surface area contributed by atoms with Gasteiger partial charge in [-0.15, -0.1) is 0 Å². The van der Waals surface area contributed by atoms with Crippen molar-refractivity contribution >= 4 is 17.5 Å². The van der Waals surface area contributed by atoms with Gasteiger partial charge in [0, 0.05) is 24.5 Å². The fourth-order valence-corrected chi connectivity index (χ4v) is 2.49. The second kappa shape index (κ2) is 8.90. The quantitative estimate of drug-likeness (QED) is 0.652. The van der Waals surface area contributed by atoms with Crippen LogP contribution in [-0.2, 0) is 6.42 Å². The first-order valence-corrected chi connectivity index (χ1v) is 8.51. The van der Waals surface area contributed by atoms with E-state index in [0.717, 1.165) is 23.4 Å². The van der Waals surface area contributed by atoms with Crippen LogP contribution in [0.3, 0.4) is 0 Å². The van der Waals surface area contributed by atoms with Crippen LogP contribution in [0.4, 0.5) is 20.4 Å². The fourth-order valence-electron chi connectivity index (χ4n) is 2.49. The minimum atomic E-state index is -0.989. The molecule has 2 aromatic carbocycles. The number of hydrogen-bond acceptors (Lipinski definition) is 5. The van der Waals surface area contributed by atoms with Gasteiger partial charge in [0.2, 0.25) is 5.95 Å². The van der Waals surface area contributed by atoms with Crippen molar-refractivity contribution in [1.29, 1.82) is 0 Å². The van der Waals surface area contributed by atoms with Crippen molar-refractivity contribution in [3.8, 4) is 5.75 Å². The van der Waals surface area contributed by atoms with E-state index in [4.69, 9.17) is 4.74 Å². The van der Waals surface area contributed by atoms with E-state index < -0.39 is 11.6 Å². The van der Waals surface area contributed by atoms with Crippen molar-refractivity contribution in [1.82, 2.24) is 15.3 Å². The maximum Gasteiger partial charge on any atom is 0.270 e. The number of amides is 1. The van der Waals surface area contributed by atoms with Crippen molar-refractivity contribution in [3.05, 3.63) is 77.6 Å². The largest absolute Gasteiger partial charge is 0.497 e. The van der Waals surface area contributed by atoms with Crippen molar-refractivity contribution in [2.24, 2.45) is 0 Å². The van der Waals surface area contributed by atoms with Gasteiger partial charge in [-0.1, -0.05) is 12.1 Å². The molecule has 0 fully saturated rings. The van der Waals surface area contributed by atoms with Crippen molar-refractivity contribution in [3.63, 3.8) is 0 Å². The number of carbonyl (C=O) groups excluding carboxylic acids is 1. The summed E-state index contributed by atoms with van der Waals surface area (Å²) in [6.45, 7) is 0.419. The van der Waals surface area contributed by atoms with Crippen LogP contribution in [0.2, 0.25) is 0 Å². The van der Waals surface area contributed by atoms with Crippen LogP contribution in [0, 0.1) is 11.6 Å². The Kier molecular flexibility index (Phi) is 6.11. The molecule has 144 valence electrons. The first-order chi connectivity index (χ1) is 13.5. The lowest BCUT2D eigenvalue weighted by atomic mass is 10.1. The fraction of sp³-hybridized carbons (Fsp3) is 0.150. The second-order valence-corrected chi connectivity index (χ2v) is 5.88. The standard InChI is InChI=1S/C20H18F2N4O2/c1-28-15-4-2-3-13(11-15)7-9-23-19(27)18-8-10-24-20(26-18)25-14-5-6-16(21)17(22)12-14/h2-6,8,10-12H,7,9H2,1H3,(H,23,27)(H,24,25,26). The van der Waals surface area contributed by atoms with Gasteiger partial charge >= 0.3 is 0 Å². The van der Waals surface area contributed by atoms with Gasteiger partial charge in [0.1, 0.15) is 11.4 Å². The number of hydrogen-bond donors (Lipinski definition) is 2. The molecule has 8 heteroatoms. The summed E-state index contributed by atoms with van der Waals surface area (Å²) in [6, 6.07) is 12.4. The Morgan fingerprint density at radius 2 is 1.96 bits per heavy atom. The van der Waals surface area contributed by atoms with Gasteiger partial charge in [-0.2, -0.15) is 0 Å². The number of halogens is 2. The SMILES string of the molecule is COc1cccc(CCNC(=O)c2ccnc(Nc3ccc(F)c(F)c3)n2)c1. The monoisotopic (exact) mass is 384 g/mol. The minimum Gasteiger partial charge on any atom is -0.497 e. The zero-order valence-electron chi connectivity index (χ0n) is 15.1. The normalized spacial score (nSPS) is 10.4. The highest BCUT2D eigenvalue weighted by atomic mass is 19.2. The molecule has 0 bridgehead atoms. The molecule has 1 heterocycles. The molecule has 0 aliphatic rings. The molecular weight excluding hydrogens is 366 g/mol. The van der Waals surface area contributed by atoms with E-state index in [9.17, 15) is 13.6 Å². The van der Waals surface area contributed by atoms with Crippen LogP contribution in [-0.4, -0.2) is 29.5 Å². The highest BCUT2D eigenvalue weighted by Gasteiger charge is 2.10. The van der Waals surface area contributed by atoms with Gasteiger partial charge in [-0.3, -0.25) is 4.79 Å². The van der Waals surface area contributed by atoms with Crippen LogP contribution in [0.1, 0.15) is 16.1 Å². The lowest BCUT2D eigenvalue weighted by Crippen LogP contribution is -2.26. The maximum atomic E-state index is 13.3. The molecule has 0 aliphatic carbocycles. The predicted octanol–water partition coefficient (Wildman–Crippen LogP) is 3.48. The Morgan fingerprint density at radius 1 is 1.11 bits per heavy atom. The van der Waals surface area contributed by atoms with E-state index >= 15 is 0 Å². The van der Waals surface area contributed by atoms with Crippen LogP contribution >= 0.6 is 0 Å². The number of ether oxygens (including phenoxy) is 1. The summed E-state index contributed by atoms with van der Waals surface area (Å²) in [5, 5.41) is 5.52. The highest BCUT2D eigenvalue weighted by Crippen LogP contribution is 2.16. The molecule has 6 nitrogen and oxygen atoms in total. The molecule has 0 spiro atoms. The van der Waals surface area contributed by atoms with E-state index in [1.165, 1.54) is 18.3 Å². The number of anilines is 2. The van der Waals surface area contributed by atoms with Gasteiger partial charge in [-0.25, -0.2) is 18.7 Å². The average molecular weight is 384 g/mol. The van der Waals surface area contributed by atoms with Gasteiger partial charge in [-0.05, 0) is 42.3 Å². The van der Waals surface area contributed by atoms with Gasteiger partial charge in [0.25, 0.3) is 5.91 Å². The predicted molar refractivity (Wildman–Crippen MR) is 101 cm³/mol. The van der Waals surface area contributed by atoms with Gasteiger partial charge in [0.15, 0.2) is 11.6 Å². The zero-order chi connectivity index (χ0) is 19.9. The van der Waals surface area contributed by atoms with Crippen LogP contribution in [0.25, 0.3) is 0 Å².